The average molecular weight is 696 g/mol. The highest BCUT2D eigenvalue weighted by atomic mass is 16.5. The van der Waals surface area contributed by atoms with E-state index in [1.807, 2.05) is 0 Å². The van der Waals surface area contributed by atoms with E-state index in [1.165, 1.54) is 38.5 Å². The van der Waals surface area contributed by atoms with Gasteiger partial charge in [-0.15, -0.1) is 0 Å². The predicted octanol–water partition coefficient (Wildman–Crippen LogP) is 11.4. The molecule has 0 spiro atoms. The Morgan fingerprint density at radius 1 is 0.571 bits per heavy atom. The number of unbranched alkanes of at least 4 members (excludes halogenated alkanes) is 16. The highest BCUT2D eigenvalue weighted by molar-refractivity contribution is 5.70. The van der Waals surface area contributed by atoms with Gasteiger partial charge in [-0.3, -0.25) is 14.4 Å². The molecule has 290 valence electrons. The number of carbonyl (C=O) groups excluding carboxylic acids is 3. The van der Waals surface area contributed by atoms with Crippen molar-refractivity contribution in [2.45, 2.75) is 208 Å². The van der Waals surface area contributed by atoms with Crippen LogP contribution in [0.2, 0.25) is 0 Å². The summed E-state index contributed by atoms with van der Waals surface area (Å²) in [6, 6.07) is 0. The minimum Gasteiger partial charge on any atom is -0.466 e. The number of carbonyl (C=O) groups is 3. The van der Waals surface area contributed by atoms with Crippen molar-refractivity contribution in [2.24, 2.45) is 11.3 Å². The first kappa shape index (κ1) is 47.4. The number of ether oxygens (including phenoxy) is 3. The predicted molar refractivity (Wildman–Crippen MR) is 205 cm³/mol. The quantitative estimate of drug-likeness (QED) is 0.0371. The van der Waals surface area contributed by atoms with Crippen LogP contribution >= 0.6 is 0 Å². The van der Waals surface area contributed by atoms with Crippen molar-refractivity contribution >= 4 is 17.9 Å². The molecule has 1 unspecified atom stereocenters. The van der Waals surface area contributed by atoms with E-state index in [1.54, 1.807) is 0 Å². The van der Waals surface area contributed by atoms with E-state index in [-0.39, 0.29) is 29.4 Å². The molecule has 0 aromatic heterocycles. The van der Waals surface area contributed by atoms with Crippen LogP contribution in [0.25, 0.3) is 0 Å². The van der Waals surface area contributed by atoms with Crippen LogP contribution in [-0.2, 0) is 28.6 Å². The molecule has 0 aliphatic rings. The molecule has 49 heavy (non-hydrogen) atoms. The fraction of sp³-hybridized carbons (Fsp3) is 0.929. The monoisotopic (exact) mass is 696 g/mol. The minimum atomic E-state index is -0.0938. The average Bonchev–Trinajstić information content (AvgIpc) is 3.02. The Morgan fingerprint density at radius 2 is 0.980 bits per heavy atom. The Hall–Kier alpha value is -1.63. The van der Waals surface area contributed by atoms with E-state index in [0.29, 0.717) is 38.4 Å². The molecular formula is C42H81NO6. The second-order valence-electron chi connectivity index (χ2n) is 15.9. The highest BCUT2D eigenvalue weighted by Crippen LogP contribution is 2.31. The third-order valence-electron chi connectivity index (χ3n) is 9.33. The largest absolute Gasteiger partial charge is 0.466 e. The summed E-state index contributed by atoms with van der Waals surface area (Å²) in [5, 5.41) is 0. The lowest BCUT2D eigenvalue weighted by Crippen LogP contribution is -2.28. The molecule has 7 heteroatoms. The molecule has 0 aromatic carbocycles. The fourth-order valence-electron chi connectivity index (χ4n) is 6.85. The summed E-state index contributed by atoms with van der Waals surface area (Å²) in [7, 11) is 4.19. The molecule has 0 heterocycles. The minimum absolute atomic E-state index is 0.0397. The summed E-state index contributed by atoms with van der Waals surface area (Å²) in [4.78, 5) is 39.3. The normalized spacial score (nSPS) is 12.4. The van der Waals surface area contributed by atoms with E-state index < -0.39 is 0 Å². The zero-order chi connectivity index (χ0) is 36.6. The lowest BCUT2D eigenvalue weighted by molar-refractivity contribution is -0.152. The molecule has 7 nitrogen and oxygen atoms in total. The van der Waals surface area contributed by atoms with Crippen molar-refractivity contribution in [3.8, 4) is 0 Å². The third kappa shape index (κ3) is 33.3. The van der Waals surface area contributed by atoms with Crippen molar-refractivity contribution in [2.75, 3.05) is 33.9 Å². The maximum Gasteiger partial charge on any atom is 0.306 e. The standard InChI is InChI=1S/C42H81NO6/c1-8-10-12-20-26-32-47-39(44)30-24-18-14-16-22-28-38(49-41(46)35-42(4,5)34-37(3)36-43(6)7)29-23-17-15-19-25-31-40(45)48-33-27-21-13-11-9-2/h37-38H,8-36H2,1-7H3. The summed E-state index contributed by atoms with van der Waals surface area (Å²) in [5.74, 6) is 0.326. The topological polar surface area (TPSA) is 82.1 Å². The molecule has 0 radical (unpaired) electrons. The van der Waals surface area contributed by atoms with Gasteiger partial charge in [0.2, 0.25) is 0 Å². The molecule has 0 rings (SSSR count). The van der Waals surface area contributed by atoms with Gasteiger partial charge in [-0.2, -0.15) is 0 Å². The maximum absolute atomic E-state index is 13.1. The molecule has 0 saturated heterocycles. The number of nitrogens with zero attached hydrogens (tertiary/aromatic N) is 1. The second kappa shape index (κ2) is 32.3. The van der Waals surface area contributed by atoms with Gasteiger partial charge in [-0.1, -0.05) is 125 Å². The van der Waals surface area contributed by atoms with Gasteiger partial charge < -0.3 is 19.1 Å². The van der Waals surface area contributed by atoms with Gasteiger partial charge in [-0.05, 0) is 83.2 Å². The lowest BCUT2D eigenvalue weighted by Gasteiger charge is -2.29. The maximum atomic E-state index is 13.1. The molecule has 0 aliphatic carbocycles. The van der Waals surface area contributed by atoms with Crippen molar-refractivity contribution in [1.82, 2.24) is 4.90 Å². The second-order valence-corrected chi connectivity index (χ2v) is 15.9. The SMILES string of the molecule is CCCCCCCOC(=O)CCCCCCCC(CCCCCCCC(=O)OCCCCCCC)OC(=O)CC(C)(C)CC(C)CN(C)C. The van der Waals surface area contributed by atoms with Gasteiger partial charge in [0.15, 0.2) is 0 Å². The van der Waals surface area contributed by atoms with Crippen molar-refractivity contribution in [3.63, 3.8) is 0 Å². The third-order valence-corrected chi connectivity index (χ3v) is 9.33. The van der Waals surface area contributed by atoms with Crippen LogP contribution in [0.3, 0.4) is 0 Å². The Balaban J connectivity index is 4.46. The molecule has 0 aromatic rings. The van der Waals surface area contributed by atoms with Gasteiger partial charge in [0.1, 0.15) is 6.10 Å². The number of hydrogen-bond donors (Lipinski definition) is 0. The van der Waals surface area contributed by atoms with Crippen LogP contribution in [0, 0.1) is 11.3 Å². The van der Waals surface area contributed by atoms with E-state index >= 15 is 0 Å². The number of esters is 3. The molecule has 0 N–H and O–H groups in total. The molecule has 0 bridgehead atoms. The number of hydrogen-bond acceptors (Lipinski definition) is 7. The van der Waals surface area contributed by atoms with E-state index in [4.69, 9.17) is 14.2 Å². The van der Waals surface area contributed by atoms with Gasteiger partial charge in [0.25, 0.3) is 0 Å². The molecule has 1 atom stereocenters. The van der Waals surface area contributed by atoms with Gasteiger partial charge in [-0.25, -0.2) is 0 Å². The first-order valence-corrected chi connectivity index (χ1v) is 20.6. The van der Waals surface area contributed by atoms with Crippen LogP contribution in [0.5, 0.6) is 0 Å². The Morgan fingerprint density at radius 3 is 1.43 bits per heavy atom. The van der Waals surface area contributed by atoms with Gasteiger partial charge >= 0.3 is 17.9 Å². The zero-order valence-corrected chi connectivity index (χ0v) is 33.6. The lowest BCUT2D eigenvalue weighted by atomic mass is 9.80. The molecule has 0 aliphatic heterocycles. The zero-order valence-electron chi connectivity index (χ0n) is 33.6. The molecule has 0 saturated carbocycles. The van der Waals surface area contributed by atoms with E-state index in [2.05, 4.69) is 53.6 Å². The smallest absolute Gasteiger partial charge is 0.306 e. The summed E-state index contributed by atoms with van der Waals surface area (Å²) < 4.78 is 16.9. The summed E-state index contributed by atoms with van der Waals surface area (Å²) in [5.41, 5.74) is -0.0938. The van der Waals surface area contributed by atoms with Crippen LogP contribution < -0.4 is 0 Å². The summed E-state index contributed by atoms with van der Waals surface area (Å²) in [6.07, 6.45) is 26.1. The molecular weight excluding hydrogens is 614 g/mol. The van der Waals surface area contributed by atoms with Crippen LogP contribution in [0.4, 0.5) is 0 Å². The van der Waals surface area contributed by atoms with Crippen molar-refractivity contribution in [1.29, 1.82) is 0 Å². The first-order valence-electron chi connectivity index (χ1n) is 20.6. The van der Waals surface area contributed by atoms with E-state index in [9.17, 15) is 14.4 Å². The van der Waals surface area contributed by atoms with Crippen molar-refractivity contribution in [3.05, 3.63) is 0 Å². The van der Waals surface area contributed by atoms with Crippen molar-refractivity contribution < 1.29 is 28.6 Å². The van der Waals surface area contributed by atoms with Crippen LogP contribution in [0.1, 0.15) is 202 Å². The van der Waals surface area contributed by atoms with E-state index in [0.717, 1.165) is 116 Å². The Kier molecular flexibility index (Phi) is 31.2. The fourth-order valence-corrected chi connectivity index (χ4v) is 6.85. The summed E-state index contributed by atoms with van der Waals surface area (Å²) >= 11 is 0. The Bertz CT molecular complexity index is 756. The van der Waals surface area contributed by atoms with Gasteiger partial charge in [0.05, 0.1) is 19.6 Å². The van der Waals surface area contributed by atoms with Gasteiger partial charge in [0, 0.05) is 19.4 Å². The number of rotatable bonds is 35. The molecule has 0 fully saturated rings. The van der Waals surface area contributed by atoms with Crippen LogP contribution in [-0.4, -0.2) is 62.8 Å². The summed E-state index contributed by atoms with van der Waals surface area (Å²) in [6.45, 7) is 13.2. The molecule has 0 amide bonds. The van der Waals surface area contributed by atoms with Crippen LogP contribution in [0.15, 0.2) is 0 Å². The first-order chi connectivity index (χ1) is 23.5. The Labute approximate surface area is 303 Å². The highest BCUT2D eigenvalue weighted by Gasteiger charge is 2.27.